The van der Waals surface area contributed by atoms with Crippen molar-refractivity contribution in [1.82, 2.24) is 10.2 Å². The fourth-order valence-corrected chi connectivity index (χ4v) is 1.34. The smallest absolute Gasteiger partial charge is 0.277 e. The first-order valence-electron chi connectivity index (χ1n) is 4.50. The Balaban J connectivity index is 2.60. The summed E-state index contributed by atoms with van der Waals surface area (Å²) in [6, 6.07) is -0.277. The molecule has 0 aromatic carbocycles. The van der Waals surface area contributed by atoms with E-state index >= 15 is 0 Å². The summed E-state index contributed by atoms with van der Waals surface area (Å²) in [5.74, 6) is 0.308. The average molecular weight is 230 g/mol. The molecule has 1 atom stereocenters. The monoisotopic (exact) mass is 230 g/mol. The van der Waals surface area contributed by atoms with E-state index in [1.165, 1.54) is 0 Å². The second-order valence-corrected chi connectivity index (χ2v) is 4.36. The quantitative estimate of drug-likeness (QED) is 0.704. The Hall–Kier alpha value is -1.08. The molecule has 7 heteroatoms. The summed E-state index contributed by atoms with van der Waals surface area (Å²) < 4.78 is 5.27. The van der Waals surface area contributed by atoms with Crippen LogP contribution in [0.3, 0.4) is 0 Å². The fraction of sp³-hybridized carbons (Fsp3) is 0.625. The summed E-state index contributed by atoms with van der Waals surface area (Å²) in [7, 11) is 0. The average Bonchev–Trinajstić information content (AvgIpc) is 2.61. The zero-order valence-corrected chi connectivity index (χ0v) is 9.45. The summed E-state index contributed by atoms with van der Waals surface area (Å²) in [6.07, 6.45) is 0. The van der Waals surface area contributed by atoms with E-state index in [-0.39, 0.29) is 17.7 Å². The number of primary amides is 1. The SMILES string of the molecule is CC(C)C(N)c1nnc(SCC(N)=O)o1. The number of nitrogens with two attached hydrogens (primary N) is 2. The number of nitrogens with zero attached hydrogens (tertiary/aromatic N) is 2. The Morgan fingerprint density at radius 3 is 2.73 bits per heavy atom. The van der Waals surface area contributed by atoms with E-state index in [9.17, 15) is 4.79 Å². The van der Waals surface area contributed by atoms with Crippen LogP contribution in [0, 0.1) is 5.92 Å². The Morgan fingerprint density at radius 1 is 1.53 bits per heavy atom. The van der Waals surface area contributed by atoms with E-state index in [1.54, 1.807) is 0 Å². The normalized spacial score (nSPS) is 13.1. The van der Waals surface area contributed by atoms with Gasteiger partial charge in [-0.1, -0.05) is 25.6 Å². The van der Waals surface area contributed by atoms with Gasteiger partial charge in [0.2, 0.25) is 11.8 Å². The number of hydrogen-bond acceptors (Lipinski definition) is 6. The van der Waals surface area contributed by atoms with Crippen LogP contribution in [-0.4, -0.2) is 21.9 Å². The second kappa shape index (κ2) is 5.13. The van der Waals surface area contributed by atoms with Crippen molar-refractivity contribution in [3.05, 3.63) is 5.89 Å². The Bertz CT molecular complexity index is 339. The minimum absolute atomic E-state index is 0.124. The van der Waals surface area contributed by atoms with Crippen molar-refractivity contribution in [2.75, 3.05) is 5.75 Å². The predicted octanol–water partition coefficient (Wildman–Crippen LogP) is 0.303. The van der Waals surface area contributed by atoms with Crippen LogP contribution in [0.25, 0.3) is 0 Å². The molecule has 1 rings (SSSR count). The lowest BCUT2D eigenvalue weighted by Crippen LogP contribution is -2.16. The standard InChI is InChI=1S/C8H14N4O2S/c1-4(2)6(10)7-11-12-8(14-7)15-3-5(9)13/h4,6H,3,10H2,1-2H3,(H2,9,13). The summed E-state index contributed by atoms with van der Waals surface area (Å²) in [5.41, 5.74) is 10.8. The van der Waals surface area contributed by atoms with Crippen LogP contribution in [0.4, 0.5) is 0 Å². The highest BCUT2D eigenvalue weighted by Crippen LogP contribution is 2.21. The highest BCUT2D eigenvalue weighted by atomic mass is 32.2. The van der Waals surface area contributed by atoms with Gasteiger partial charge in [0, 0.05) is 0 Å². The lowest BCUT2D eigenvalue weighted by Gasteiger charge is -2.09. The third-order valence-electron chi connectivity index (χ3n) is 1.76. The summed E-state index contributed by atoms with van der Waals surface area (Å²) >= 11 is 1.11. The van der Waals surface area contributed by atoms with Gasteiger partial charge in [-0.15, -0.1) is 10.2 Å². The minimum atomic E-state index is -0.423. The van der Waals surface area contributed by atoms with Gasteiger partial charge in [0.25, 0.3) is 5.22 Å². The molecule has 1 aromatic rings. The zero-order valence-electron chi connectivity index (χ0n) is 8.64. The van der Waals surface area contributed by atoms with Crippen LogP contribution in [0.5, 0.6) is 0 Å². The Kier molecular flexibility index (Phi) is 4.10. The molecule has 1 unspecified atom stereocenters. The molecule has 0 aliphatic rings. The van der Waals surface area contributed by atoms with Crippen molar-refractivity contribution in [2.24, 2.45) is 17.4 Å². The van der Waals surface area contributed by atoms with Crippen LogP contribution in [0.15, 0.2) is 9.64 Å². The summed E-state index contributed by atoms with van der Waals surface area (Å²) in [5, 5.41) is 7.87. The second-order valence-electron chi connectivity index (χ2n) is 3.43. The first-order valence-corrected chi connectivity index (χ1v) is 5.49. The lowest BCUT2D eigenvalue weighted by atomic mass is 10.1. The molecule has 0 fully saturated rings. The summed E-state index contributed by atoms with van der Waals surface area (Å²) in [4.78, 5) is 10.5. The molecule has 15 heavy (non-hydrogen) atoms. The maximum Gasteiger partial charge on any atom is 0.277 e. The zero-order chi connectivity index (χ0) is 11.4. The van der Waals surface area contributed by atoms with E-state index in [0.29, 0.717) is 11.1 Å². The molecule has 0 saturated carbocycles. The third-order valence-corrected chi connectivity index (χ3v) is 2.60. The van der Waals surface area contributed by atoms with Crippen molar-refractivity contribution >= 4 is 17.7 Å². The number of rotatable bonds is 5. The van der Waals surface area contributed by atoms with Gasteiger partial charge >= 0.3 is 0 Å². The summed E-state index contributed by atoms with van der Waals surface area (Å²) in [6.45, 7) is 3.93. The van der Waals surface area contributed by atoms with Crippen LogP contribution < -0.4 is 11.5 Å². The molecule has 1 heterocycles. The molecule has 0 radical (unpaired) electrons. The van der Waals surface area contributed by atoms with E-state index in [4.69, 9.17) is 15.9 Å². The number of aromatic nitrogens is 2. The van der Waals surface area contributed by atoms with Crippen molar-refractivity contribution in [3.63, 3.8) is 0 Å². The maximum atomic E-state index is 10.5. The first-order chi connectivity index (χ1) is 7.00. The number of hydrogen-bond donors (Lipinski definition) is 2. The predicted molar refractivity (Wildman–Crippen MR) is 56.0 cm³/mol. The fourth-order valence-electron chi connectivity index (χ4n) is 0.831. The molecule has 84 valence electrons. The van der Waals surface area contributed by atoms with Gasteiger partial charge in [0.05, 0.1) is 11.8 Å². The molecule has 0 aliphatic heterocycles. The van der Waals surface area contributed by atoms with Crippen molar-refractivity contribution in [1.29, 1.82) is 0 Å². The molecular formula is C8H14N4O2S. The largest absolute Gasteiger partial charge is 0.414 e. The van der Waals surface area contributed by atoms with Gasteiger partial charge in [0.15, 0.2) is 0 Å². The van der Waals surface area contributed by atoms with E-state index < -0.39 is 5.91 Å². The Labute approximate surface area is 91.8 Å². The molecular weight excluding hydrogens is 216 g/mol. The van der Waals surface area contributed by atoms with Crippen molar-refractivity contribution < 1.29 is 9.21 Å². The number of carbonyl (C=O) groups is 1. The molecule has 0 bridgehead atoms. The van der Waals surface area contributed by atoms with Crippen LogP contribution >= 0.6 is 11.8 Å². The highest BCUT2D eigenvalue weighted by Gasteiger charge is 2.17. The van der Waals surface area contributed by atoms with E-state index in [2.05, 4.69) is 10.2 Å². The van der Waals surface area contributed by atoms with Gasteiger partial charge in [-0.25, -0.2) is 0 Å². The van der Waals surface area contributed by atoms with Gasteiger partial charge in [-0.3, -0.25) is 4.79 Å². The van der Waals surface area contributed by atoms with Crippen molar-refractivity contribution in [2.45, 2.75) is 25.1 Å². The third kappa shape index (κ3) is 3.52. The highest BCUT2D eigenvalue weighted by molar-refractivity contribution is 7.99. The van der Waals surface area contributed by atoms with Crippen LogP contribution in [0.2, 0.25) is 0 Å². The molecule has 1 aromatic heterocycles. The van der Waals surface area contributed by atoms with Gasteiger partial charge < -0.3 is 15.9 Å². The van der Waals surface area contributed by atoms with E-state index in [0.717, 1.165) is 11.8 Å². The van der Waals surface area contributed by atoms with Gasteiger partial charge in [-0.05, 0) is 5.92 Å². The molecule has 0 saturated heterocycles. The van der Waals surface area contributed by atoms with Crippen LogP contribution in [0.1, 0.15) is 25.8 Å². The topological polar surface area (TPSA) is 108 Å². The number of amides is 1. The molecule has 4 N–H and O–H groups in total. The lowest BCUT2D eigenvalue weighted by molar-refractivity contribution is -0.115. The van der Waals surface area contributed by atoms with Crippen molar-refractivity contribution in [3.8, 4) is 0 Å². The number of carbonyl (C=O) groups excluding carboxylic acids is 1. The first kappa shape index (κ1) is 12.0. The van der Waals surface area contributed by atoms with E-state index in [1.807, 2.05) is 13.8 Å². The number of thioether (sulfide) groups is 1. The minimum Gasteiger partial charge on any atom is -0.414 e. The Morgan fingerprint density at radius 2 is 2.20 bits per heavy atom. The molecule has 0 spiro atoms. The maximum absolute atomic E-state index is 10.5. The molecule has 6 nitrogen and oxygen atoms in total. The van der Waals surface area contributed by atoms with Gasteiger partial charge in [-0.2, -0.15) is 0 Å². The molecule has 0 aliphatic carbocycles. The van der Waals surface area contributed by atoms with Crippen LogP contribution in [-0.2, 0) is 4.79 Å². The molecule has 1 amide bonds. The van der Waals surface area contributed by atoms with Gasteiger partial charge in [0.1, 0.15) is 0 Å².